The number of carbonyl (C=O) groups excluding carboxylic acids is 3. The summed E-state index contributed by atoms with van der Waals surface area (Å²) >= 11 is 0. The van der Waals surface area contributed by atoms with E-state index in [4.69, 9.17) is 0 Å². The highest BCUT2D eigenvalue weighted by Crippen LogP contribution is 2.34. The van der Waals surface area contributed by atoms with E-state index < -0.39 is 0 Å². The lowest BCUT2D eigenvalue weighted by Crippen LogP contribution is -2.44. The van der Waals surface area contributed by atoms with E-state index in [2.05, 4.69) is 15.2 Å². The van der Waals surface area contributed by atoms with Gasteiger partial charge in [0.15, 0.2) is 0 Å². The van der Waals surface area contributed by atoms with Gasteiger partial charge in [0, 0.05) is 32.0 Å². The first-order chi connectivity index (χ1) is 16.6. The van der Waals surface area contributed by atoms with Crippen LogP contribution in [0.2, 0.25) is 0 Å². The molecule has 0 spiro atoms. The van der Waals surface area contributed by atoms with E-state index >= 15 is 0 Å². The number of nitrogens with one attached hydrogen (secondary N) is 1. The number of imide groups is 1. The summed E-state index contributed by atoms with van der Waals surface area (Å²) in [6, 6.07) is 9.09. The predicted octanol–water partition coefficient (Wildman–Crippen LogP) is 3.79. The predicted molar refractivity (Wildman–Crippen MR) is 129 cm³/mol. The fourth-order valence-corrected chi connectivity index (χ4v) is 5.58. The minimum atomic E-state index is -0.267. The number of hydrogen-bond donors (Lipinski definition) is 1. The number of aromatic nitrogens is 1. The van der Waals surface area contributed by atoms with Gasteiger partial charge in [-0.3, -0.25) is 24.3 Å². The third-order valence-corrected chi connectivity index (χ3v) is 7.49. The molecule has 0 bridgehead atoms. The molecule has 178 valence electrons. The van der Waals surface area contributed by atoms with Crippen LogP contribution in [0.25, 0.3) is 0 Å². The average molecular weight is 461 g/mol. The molecular formula is C27H32N4O3. The van der Waals surface area contributed by atoms with Crippen LogP contribution in [0, 0.1) is 11.8 Å². The summed E-state index contributed by atoms with van der Waals surface area (Å²) < 4.78 is 0. The summed E-state index contributed by atoms with van der Waals surface area (Å²) in [5, 5.41) is 3.20. The molecule has 3 heterocycles. The molecule has 7 nitrogen and oxygen atoms in total. The molecular weight excluding hydrogens is 428 g/mol. The van der Waals surface area contributed by atoms with Crippen LogP contribution in [0.3, 0.4) is 0 Å². The third-order valence-electron chi connectivity index (χ3n) is 7.49. The van der Waals surface area contributed by atoms with Crippen LogP contribution in [0.4, 0.5) is 5.69 Å². The Labute approximate surface area is 200 Å². The molecule has 0 radical (unpaired) electrons. The summed E-state index contributed by atoms with van der Waals surface area (Å²) in [6.07, 6.45) is 11.3. The quantitative estimate of drug-likeness (QED) is 0.663. The van der Waals surface area contributed by atoms with Crippen LogP contribution in [0.15, 0.2) is 42.7 Å². The minimum absolute atomic E-state index is 0.103. The highest BCUT2D eigenvalue weighted by Gasteiger charge is 2.39. The fourth-order valence-electron chi connectivity index (χ4n) is 5.58. The van der Waals surface area contributed by atoms with Crippen molar-refractivity contribution in [1.82, 2.24) is 15.2 Å². The lowest BCUT2D eigenvalue weighted by molar-refractivity contribution is -0.125. The van der Waals surface area contributed by atoms with Gasteiger partial charge in [-0.2, -0.15) is 0 Å². The topological polar surface area (TPSA) is 82.6 Å². The van der Waals surface area contributed by atoms with E-state index in [9.17, 15) is 14.4 Å². The monoisotopic (exact) mass is 460 g/mol. The van der Waals surface area contributed by atoms with Gasteiger partial charge in [-0.15, -0.1) is 0 Å². The van der Waals surface area contributed by atoms with Crippen LogP contribution in [0.5, 0.6) is 0 Å². The maximum atomic E-state index is 13.4. The number of rotatable bonds is 6. The first-order valence-corrected chi connectivity index (χ1v) is 12.5. The van der Waals surface area contributed by atoms with Crippen LogP contribution < -0.4 is 10.2 Å². The van der Waals surface area contributed by atoms with Gasteiger partial charge in [0.2, 0.25) is 5.91 Å². The molecule has 1 N–H and O–H groups in total. The van der Waals surface area contributed by atoms with E-state index in [-0.39, 0.29) is 30.2 Å². The van der Waals surface area contributed by atoms with E-state index in [1.807, 2.05) is 24.3 Å². The average Bonchev–Trinajstić information content (AvgIpc) is 3.13. The summed E-state index contributed by atoms with van der Waals surface area (Å²) in [6.45, 7) is 2.33. The second kappa shape index (κ2) is 9.95. The highest BCUT2D eigenvalue weighted by atomic mass is 16.2. The highest BCUT2D eigenvalue weighted by molar-refractivity contribution is 6.23. The number of benzene rings is 1. The zero-order valence-corrected chi connectivity index (χ0v) is 19.5. The van der Waals surface area contributed by atoms with Crippen molar-refractivity contribution in [3.63, 3.8) is 0 Å². The summed E-state index contributed by atoms with van der Waals surface area (Å²) in [7, 11) is 0. The van der Waals surface area contributed by atoms with Crippen molar-refractivity contribution >= 4 is 23.4 Å². The largest absolute Gasteiger partial charge is 0.370 e. The van der Waals surface area contributed by atoms with Gasteiger partial charge in [-0.25, -0.2) is 0 Å². The van der Waals surface area contributed by atoms with Crippen molar-refractivity contribution in [2.75, 3.05) is 24.5 Å². The Morgan fingerprint density at radius 3 is 2.56 bits per heavy atom. The number of carbonyl (C=O) groups is 3. The Morgan fingerprint density at radius 1 is 0.971 bits per heavy atom. The van der Waals surface area contributed by atoms with Crippen molar-refractivity contribution in [3.05, 3.63) is 59.4 Å². The van der Waals surface area contributed by atoms with E-state index in [0.29, 0.717) is 23.6 Å². The molecule has 2 aliphatic heterocycles. The summed E-state index contributed by atoms with van der Waals surface area (Å²) in [5.74, 6) is 0.0800. The van der Waals surface area contributed by atoms with Gasteiger partial charge >= 0.3 is 0 Å². The molecule has 1 aromatic carbocycles. The van der Waals surface area contributed by atoms with Gasteiger partial charge in [0.1, 0.15) is 0 Å². The molecule has 1 saturated carbocycles. The SMILES string of the molecule is O=C(NCC1CCCCC1)[C@@H]1CCCN(c2cccc3c2C(=O)N(Cc2ccncc2)C3=O)C1. The van der Waals surface area contributed by atoms with Gasteiger partial charge in [-0.1, -0.05) is 25.3 Å². The van der Waals surface area contributed by atoms with Crippen molar-refractivity contribution in [2.24, 2.45) is 11.8 Å². The molecule has 7 heteroatoms. The molecule has 1 aromatic heterocycles. The second-order valence-electron chi connectivity index (χ2n) is 9.79. The second-order valence-corrected chi connectivity index (χ2v) is 9.79. The molecule has 5 rings (SSSR count). The van der Waals surface area contributed by atoms with Gasteiger partial charge in [0.05, 0.1) is 29.3 Å². The van der Waals surface area contributed by atoms with Gasteiger partial charge in [-0.05, 0) is 61.4 Å². The molecule has 2 aromatic rings. The molecule has 34 heavy (non-hydrogen) atoms. The third kappa shape index (κ3) is 4.56. The van der Waals surface area contributed by atoms with E-state index in [0.717, 1.165) is 37.2 Å². The molecule has 3 aliphatic rings. The molecule has 0 unspecified atom stereocenters. The molecule has 2 fully saturated rings. The first-order valence-electron chi connectivity index (χ1n) is 12.5. The van der Waals surface area contributed by atoms with Crippen molar-refractivity contribution < 1.29 is 14.4 Å². The van der Waals surface area contributed by atoms with Crippen LogP contribution in [-0.4, -0.2) is 47.2 Å². The summed E-state index contributed by atoms with van der Waals surface area (Å²) in [5.41, 5.74) is 2.53. The van der Waals surface area contributed by atoms with Crippen molar-refractivity contribution in [2.45, 2.75) is 51.5 Å². The van der Waals surface area contributed by atoms with E-state index in [1.54, 1.807) is 18.5 Å². The molecule has 1 saturated heterocycles. The first kappa shape index (κ1) is 22.6. The maximum absolute atomic E-state index is 13.4. The fraction of sp³-hybridized carbons (Fsp3) is 0.481. The lowest BCUT2D eigenvalue weighted by Gasteiger charge is -2.35. The Hall–Kier alpha value is -3.22. The standard InChI is InChI=1S/C27H32N4O3/c32-25(29-16-19-6-2-1-3-7-19)21-8-5-15-30(18-21)23-10-4-9-22-24(23)27(34)31(26(22)33)17-20-11-13-28-14-12-20/h4,9-14,19,21H,1-3,5-8,15-18H2,(H,29,32)/t21-/m1/s1. The summed E-state index contributed by atoms with van der Waals surface area (Å²) in [4.78, 5) is 46.8. The van der Waals surface area contributed by atoms with Gasteiger partial charge < -0.3 is 10.2 Å². The lowest BCUT2D eigenvalue weighted by atomic mass is 9.89. The van der Waals surface area contributed by atoms with Crippen LogP contribution in [-0.2, 0) is 11.3 Å². The number of piperidine rings is 1. The number of pyridine rings is 1. The zero-order chi connectivity index (χ0) is 23.5. The number of anilines is 1. The number of hydrogen-bond acceptors (Lipinski definition) is 5. The van der Waals surface area contributed by atoms with Crippen molar-refractivity contribution in [3.8, 4) is 0 Å². The maximum Gasteiger partial charge on any atom is 0.263 e. The normalized spacial score (nSPS) is 21.0. The van der Waals surface area contributed by atoms with E-state index in [1.165, 1.54) is 37.0 Å². The smallest absolute Gasteiger partial charge is 0.263 e. The van der Waals surface area contributed by atoms with Crippen LogP contribution >= 0.6 is 0 Å². The molecule has 1 atom stereocenters. The molecule has 1 aliphatic carbocycles. The number of fused-ring (bicyclic) bond motifs is 1. The Bertz CT molecular complexity index is 1060. The van der Waals surface area contributed by atoms with Gasteiger partial charge in [0.25, 0.3) is 11.8 Å². The molecule has 3 amide bonds. The van der Waals surface area contributed by atoms with Crippen molar-refractivity contribution in [1.29, 1.82) is 0 Å². The Balaban J connectivity index is 1.29. The number of nitrogens with zero attached hydrogens (tertiary/aromatic N) is 3. The van der Waals surface area contributed by atoms with Crippen LogP contribution in [0.1, 0.15) is 71.2 Å². The minimum Gasteiger partial charge on any atom is -0.370 e. The number of amides is 3. The zero-order valence-electron chi connectivity index (χ0n) is 19.5. The Morgan fingerprint density at radius 2 is 1.76 bits per heavy atom. The Kier molecular flexibility index (Phi) is 6.61.